The predicted octanol–water partition coefficient (Wildman–Crippen LogP) is 5.13. The van der Waals surface area contributed by atoms with E-state index < -0.39 is 0 Å². The first-order valence-corrected chi connectivity index (χ1v) is 10.2. The largest absolute Gasteiger partial charge is 0.491 e. The standard InChI is InChI=1S/C24H27N3O2/c1-15(2)29-20-7-5-6-18(10-20)22-13-25-17(4)27-24(22)28-14-19-11-21(19)23-9-8-16(3)12-26-23/h5-10,12-13,15,19,21H,11,14H2,1-4H3. The Morgan fingerprint density at radius 1 is 1.07 bits per heavy atom. The van der Waals surface area contributed by atoms with Gasteiger partial charge in [0.1, 0.15) is 11.6 Å². The number of pyridine rings is 1. The van der Waals surface area contributed by atoms with E-state index in [9.17, 15) is 0 Å². The molecule has 4 rings (SSSR count). The minimum absolute atomic E-state index is 0.123. The zero-order valence-electron chi connectivity index (χ0n) is 17.4. The zero-order valence-corrected chi connectivity index (χ0v) is 17.4. The van der Waals surface area contributed by atoms with Gasteiger partial charge in [0, 0.05) is 29.9 Å². The Kier molecular flexibility index (Phi) is 5.47. The lowest BCUT2D eigenvalue weighted by Crippen LogP contribution is -2.06. The first-order valence-electron chi connectivity index (χ1n) is 10.2. The molecular formula is C24H27N3O2. The van der Waals surface area contributed by atoms with Crippen LogP contribution in [0.1, 0.15) is 43.3 Å². The molecule has 0 N–H and O–H groups in total. The topological polar surface area (TPSA) is 57.1 Å². The van der Waals surface area contributed by atoms with Gasteiger partial charge in [-0.15, -0.1) is 0 Å². The number of hydrogen-bond acceptors (Lipinski definition) is 5. The third-order valence-electron chi connectivity index (χ3n) is 5.06. The van der Waals surface area contributed by atoms with E-state index in [1.807, 2.05) is 57.4 Å². The Hall–Kier alpha value is -2.95. The fourth-order valence-electron chi connectivity index (χ4n) is 3.44. The average Bonchev–Trinajstić information content (AvgIpc) is 3.46. The van der Waals surface area contributed by atoms with Crippen molar-refractivity contribution in [3.05, 3.63) is 65.9 Å². The van der Waals surface area contributed by atoms with Gasteiger partial charge in [-0.05, 0) is 63.4 Å². The second-order valence-corrected chi connectivity index (χ2v) is 8.00. The normalized spacial score (nSPS) is 18.0. The van der Waals surface area contributed by atoms with Crippen molar-refractivity contribution in [2.45, 2.75) is 46.1 Å². The van der Waals surface area contributed by atoms with Crippen LogP contribution in [-0.4, -0.2) is 27.7 Å². The van der Waals surface area contributed by atoms with Crippen LogP contribution in [0.5, 0.6) is 11.6 Å². The maximum absolute atomic E-state index is 6.17. The molecule has 5 heteroatoms. The molecule has 3 aromatic rings. The van der Waals surface area contributed by atoms with E-state index in [0.29, 0.717) is 30.1 Å². The van der Waals surface area contributed by atoms with E-state index in [2.05, 4.69) is 34.0 Å². The fraction of sp³-hybridized carbons (Fsp3) is 0.375. The molecule has 0 spiro atoms. The highest BCUT2D eigenvalue weighted by Crippen LogP contribution is 2.47. The van der Waals surface area contributed by atoms with Crippen molar-refractivity contribution in [3.63, 3.8) is 0 Å². The number of nitrogens with zero attached hydrogens (tertiary/aromatic N) is 3. The summed E-state index contributed by atoms with van der Waals surface area (Å²) >= 11 is 0. The van der Waals surface area contributed by atoms with Crippen LogP contribution in [0.3, 0.4) is 0 Å². The molecule has 0 radical (unpaired) electrons. The van der Waals surface area contributed by atoms with E-state index in [1.165, 1.54) is 5.56 Å². The first kappa shape index (κ1) is 19.4. The Morgan fingerprint density at radius 3 is 2.69 bits per heavy atom. The Labute approximate surface area is 172 Å². The minimum Gasteiger partial charge on any atom is -0.491 e. The highest BCUT2D eigenvalue weighted by molar-refractivity contribution is 5.69. The summed E-state index contributed by atoms with van der Waals surface area (Å²) in [6.45, 7) is 8.61. The fourth-order valence-corrected chi connectivity index (χ4v) is 3.44. The number of ether oxygens (including phenoxy) is 2. The molecule has 0 saturated heterocycles. The molecule has 1 aliphatic rings. The summed E-state index contributed by atoms with van der Waals surface area (Å²) in [4.78, 5) is 13.5. The first-order chi connectivity index (χ1) is 14.0. The average molecular weight is 389 g/mol. The van der Waals surface area contributed by atoms with Crippen molar-refractivity contribution in [1.29, 1.82) is 0 Å². The van der Waals surface area contributed by atoms with E-state index in [0.717, 1.165) is 29.0 Å². The van der Waals surface area contributed by atoms with E-state index in [-0.39, 0.29) is 6.10 Å². The predicted molar refractivity (Wildman–Crippen MR) is 113 cm³/mol. The number of rotatable bonds is 7. The molecule has 0 aliphatic heterocycles. The van der Waals surface area contributed by atoms with Crippen LogP contribution in [0.15, 0.2) is 48.8 Å². The van der Waals surface area contributed by atoms with Crippen LogP contribution < -0.4 is 9.47 Å². The Morgan fingerprint density at radius 2 is 1.93 bits per heavy atom. The van der Waals surface area contributed by atoms with Crippen LogP contribution >= 0.6 is 0 Å². The Bertz CT molecular complexity index is 986. The van der Waals surface area contributed by atoms with E-state index in [4.69, 9.17) is 9.47 Å². The van der Waals surface area contributed by atoms with Crippen LogP contribution in [0.25, 0.3) is 11.1 Å². The van der Waals surface area contributed by atoms with Crippen molar-refractivity contribution in [3.8, 4) is 22.8 Å². The van der Waals surface area contributed by atoms with Gasteiger partial charge in [0.2, 0.25) is 5.88 Å². The molecule has 1 fully saturated rings. The van der Waals surface area contributed by atoms with Gasteiger partial charge in [0.05, 0.1) is 18.3 Å². The minimum atomic E-state index is 0.123. The third-order valence-corrected chi connectivity index (χ3v) is 5.06. The molecule has 2 atom stereocenters. The van der Waals surface area contributed by atoms with Crippen molar-refractivity contribution < 1.29 is 9.47 Å². The van der Waals surface area contributed by atoms with Crippen LogP contribution in [0, 0.1) is 19.8 Å². The summed E-state index contributed by atoms with van der Waals surface area (Å²) in [7, 11) is 0. The van der Waals surface area contributed by atoms with Crippen LogP contribution in [0.4, 0.5) is 0 Å². The summed E-state index contributed by atoms with van der Waals surface area (Å²) in [6, 6.07) is 12.2. The van der Waals surface area contributed by atoms with Gasteiger partial charge >= 0.3 is 0 Å². The Balaban J connectivity index is 1.49. The molecule has 5 nitrogen and oxygen atoms in total. The van der Waals surface area contributed by atoms with Crippen molar-refractivity contribution >= 4 is 0 Å². The lowest BCUT2D eigenvalue weighted by Gasteiger charge is -2.13. The highest BCUT2D eigenvalue weighted by atomic mass is 16.5. The second kappa shape index (κ2) is 8.19. The van der Waals surface area contributed by atoms with E-state index in [1.54, 1.807) is 0 Å². The van der Waals surface area contributed by atoms with Gasteiger partial charge in [-0.1, -0.05) is 18.2 Å². The quantitative estimate of drug-likeness (QED) is 0.561. The van der Waals surface area contributed by atoms with Gasteiger partial charge in [0.15, 0.2) is 0 Å². The number of hydrogen-bond donors (Lipinski definition) is 0. The van der Waals surface area contributed by atoms with Gasteiger partial charge in [-0.25, -0.2) is 4.98 Å². The molecule has 1 aromatic carbocycles. The van der Waals surface area contributed by atoms with Crippen LogP contribution in [0.2, 0.25) is 0 Å². The van der Waals surface area contributed by atoms with Gasteiger partial charge in [0.25, 0.3) is 0 Å². The lowest BCUT2D eigenvalue weighted by atomic mass is 10.1. The number of aromatic nitrogens is 3. The molecular weight excluding hydrogens is 362 g/mol. The molecule has 2 heterocycles. The molecule has 1 aliphatic carbocycles. The summed E-state index contributed by atoms with van der Waals surface area (Å²) in [6.07, 6.45) is 4.99. The monoisotopic (exact) mass is 389 g/mol. The van der Waals surface area contributed by atoms with Crippen molar-refractivity contribution in [1.82, 2.24) is 15.0 Å². The van der Waals surface area contributed by atoms with Gasteiger partial charge < -0.3 is 9.47 Å². The summed E-state index contributed by atoms with van der Waals surface area (Å²) in [5, 5.41) is 0. The second-order valence-electron chi connectivity index (χ2n) is 8.00. The van der Waals surface area contributed by atoms with Crippen LogP contribution in [-0.2, 0) is 0 Å². The SMILES string of the molecule is Cc1ccc(C2CC2COc2nc(C)ncc2-c2cccc(OC(C)C)c2)nc1. The number of aryl methyl sites for hydroxylation is 2. The van der Waals surface area contributed by atoms with Crippen molar-refractivity contribution in [2.75, 3.05) is 6.61 Å². The summed E-state index contributed by atoms with van der Waals surface area (Å²) < 4.78 is 12.0. The number of benzene rings is 1. The molecule has 150 valence electrons. The zero-order chi connectivity index (χ0) is 20.4. The van der Waals surface area contributed by atoms with Gasteiger partial charge in [-0.2, -0.15) is 4.98 Å². The lowest BCUT2D eigenvalue weighted by molar-refractivity contribution is 0.242. The van der Waals surface area contributed by atoms with Crippen molar-refractivity contribution in [2.24, 2.45) is 5.92 Å². The molecule has 0 bridgehead atoms. The van der Waals surface area contributed by atoms with E-state index >= 15 is 0 Å². The molecule has 2 unspecified atom stereocenters. The maximum atomic E-state index is 6.17. The van der Waals surface area contributed by atoms with Gasteiger partial charge in [-0.3, -0.25) is 4.98 Å². The molecule has 2 aromatic heterocycles. The summed E-state index contributed by atoms with van der Waals surface area (Å²) in [5.41, 5.74) is 4.22. The molecule has 1 saturated carbocycles. The maximum Gasteiger partial charge on any atom is 0.224 e. The summed E-state index contributed by atoms with van der Waals surface area (Å²) in [5.74, 6) is 3.11. The third kappa shape index (κ3) is 4.73. The highest BCUT2D eigenvalue weighted by Gasteiger charge is 2.40. The molecule has 0 amide bonds. The molecule has 29 heavy (non-hydrogen) atoms. The smallest absolute Gasteiger partial charge is 0.224 e.